The summed E-state index contributed by atoms with van der Waals surface area (Å²) in [5.41, 5.74) is 0. The van der Waals surface area contributed by atoms with Crippen LogP contribution in [0.4, 0.5) is 0 Å². The number of unbranched alkanes of at least 4 members (excludes halogenated alkanes) is 7. The minimum absolute atomic E-state index is 0. The molecule has 118 valence electrons. The van der Waals surface area contributed by atoms with Crippen molar-refractivity contribution in [1.29, 1.82) is 0 Å². The molecule has 0 heterocycles. The molecule has 1 atom stereocenters. The van der Waals surface area contributed by atoms with Crippen molar-refractivity contribution in [3.8, 4) is 0 Å². The second-order valence-corrected chi connectivity index (χ2v) is 6.23. The summed E-state index contributed by atoms with van der Waals surface area (Å²) < 4.78 is 31.9. The van der Waals surface area contributed by atoms with E-state index in [1.807, 2.05) is 0 Å². The molecule has 0 aromatic carbocycles. The minimum Gasteiger partial charge on any atom is -1.00 e. The third-order valence-corrected chi connectivity index (χ3v) is 4.10. The van der Waals surface area contributed by atoms with Crippen molar-refractivity contribution in [3.63, 3.8) is 0 Å². The molecule has 1 unspecified atom stereocenters. The predicted molar refractivity (Wildman–Crippen MR) is 79.4 cm³/mol. The second-order valence-electron chi connectivity index (χ2n) is 4.99. The predicted octanol–water partition coefficient (Wildman–Crippen LogP) is 1.32. The van der Waals surface area contributed by atoms with Crippen LogP contribution in [-0.4, -0.2) is 21.1 Å². The Morgan fingerprint density at radius 2 is 1.45 bits per heavy atom. The van der Waals surface area contributed by atoms with E-state index in [1.165, 1.54) is 38.5 Å². The molecule has 0 rings (SSSR count). The Kier molecular flexibility index (Phi) is 17.1. The number of rotatable bonds is 13. The van der Waals surface area contributed by atoms with E-state index in [9.17, 15) is 8.42 Å². The van der Waals surface area contributed by atoms with E-state index in [0.717, 1.165) is 19.3 Å². The molecule has 0 saturated carbocycles. The summed E-state index contributed by atoms with van der Waals surface area (Å²) in [6, 6.07) is 0. The number of hydrogen-bond acceptors (Lipinski definition) is 4. The minimum atomic E-state index is -3.79. The van der Waals surface area contributed by atoms with Gasteiger partial charge >= 0.3 is 40.0 Å². The summed E-state index contributed by atoms with van der Waals surface area (Å²) in [4.78, 5) is 0. The summed E-state index contributed by atoms with van der Waals surface area (Å²) in [6.45, 7) is 5.74. The molecule has 0 saturated heterocycles. The first-order valence-electron chi connectivity index (χ1n) is 7.59. The van der Waals surface area contributed by atoms with E-state index in [-0.39, 0.29) is 43.7 Å². The molecule has 6 heteroatoms. The monoisotopic (exact) mass is 318 g/mol. The molecule has 0 aliphatic carbocycles. The van der Waals surface area contributed by atoms with Gasteiger partial charge in [-0.2, -0.15) is 8.42 Å². The van der Waals surface area contributed by atoms with E-state index in [4.69, 9.17) is 4.18 Å². The molecule has 0 aliphatic heterocycles. The Balaban J connectivity index is -0.00000162. The van der Waals surface area contributed by atoms with Gasteiger partial charge in [-0.1, -0.05) is 58.3 Å². The van der Waals surface area contributed by atoms with Crippen molar-refractivity contribution >= 4 is 10.4 Å². The Morgan fingerprint density at radius 1 is 0.950 bits per heavy atom. The van der Waals surface area contributed by atoms with Crippen molar-refractivity contribution in [2.45, 2.75) is 84.7 Å². The summed E-state index contributed by atoms with van der Waals surface area (Å²) in [5, 5.41) is 0. The average molecular weight is 318 g/mol. The van der Waals surface area contributed by atoms with E-state index < -0.39 is 10.4 Å². The van der Waals surface area contributed by atoms with E-state index >= 15 is 0 Å². The molecule has 0 spiro atoms. The number of hydrogen-bond donors (Lipinski definition) is 0. The summed E-state index contributed by atoms with van der Waals surface area (Å²) in [6.07, 6.45) is 10.4. The van der Waals surface area contributed by atoms with Crippen LogP contribution in [0.3, 0.4) is 0 Å². The molecule has 0 bridgehead atoms. The van der Waals surface area contributed by atoms with Crippen molar-refractivity contribution in [2.75, 3.05) is 6.61 Å². The van der Waals surface area contributed by atoms with Crippen LogP contribution < -0.4 is 29.6 Å². The van der Waals surface area contributed by atoms with Gasteiger partial charge in [0.2, 0.25) is 0 Å². The van der Waals surface area contributed by atoms with Gasteiger partial charge in [0.15, 0.2) is 0 Å². The summed E-state index contributed by atoms with van der Waals surface area (Å²) in [5.74, 6) is 0. The first kappa shape index (κ1) is 23.1. The standard InChI is InChI=1S/C14H30O4S.Na.H/c1-4-6-7-8-9-10-11-12-13-14(3)18-19(15,16)17-5-2;;/h14H,4-13H2,1-3H3;;/q;+1;-1. The van der Waals surface area contributed by atoms with Crippen LogP contribution in [0.15, 0.2) is 0 Å². The van der Waals surface area contributed by atoms with Gasteiger partial charge in [-0.05, 0) is 20.3 Å². The van der Waals surface area contributed by atoms with Gasteiger partial charge in [-0.25, -0.2) is 8.37 Å². The molecule has 0 fully saturated rings. The van der Waals surface area contributed by atoms with Crippen molar-refractivity contribution in [1.82, 2.24) is 0 Å². The SMILES string of the molecule is CCCCCCCCCCC(C)OS(=O)(=O)OCC.[H-].[Na+]. The molecule has 0 radical (unpaired) electrons. The van der Waals surface area contributed by atoms with E-state index in [1.54, 1.807) is 13.8 Å². The molecular formula is C14H31NaO4S. The largest absolute Gasteiger partial charge is 1.00 e. The van der Waals surface area contributed by atoms with Gasteiger partial charge in [-0.15, -0.1) is 0 Å². The van der Waals surface area contributed by atoms with Gasteiger partial charge in [0.05, 0.1) is 12.7 Å². The molecule has 0 aromatic rings. The molecule has 4 nitrogen and oxygen atoms in total. The third-order valence-electron chi connectivity index (χ3n) is 3.01. The normalized spacial score (nSPS) is 12.9. The third kappa shape index (κ3) is 15.3. The van der Waals surface area contributed by atoms with Crippen LogP contribution in [0.1, 0.15) is 80.0 Å². The molecule has 0 aliphatic rings. The second kappa shape index (κ2) is 14.8. The van der Waals surface area contributed by atoms with Crippen LogP contribution in [0.5, 0.6) is 0 Å². The Bertz CT molecular complexity index is 299. The molecular weight excluding hydrogens is 287 g/mol. The Morgan fingerprint density at radius 3 is 1.95 bits per heavy atom. The van der Waals surface area contributed by atoms with Gasteiger partial charge < -0.3 is 1.43 Å². The fraction of sp³-hybridized carbons (Fsp3) is 1.00. The van der Waals surface area contributed by atoms with Crippen LogP contribution in [0.2, 0.25) is 0 Å². The van der Waals surface area contributed by atoms with Crippen LogP contribution in [0.25, 0.3) is 0 Å². The maximum atomic E-state index is 11.2. The van der Waals surface area contributed by atoms with Crippen LogP contribution in [0, 0.1) is 0 Å². The maximum absolute atomic E-state index is 11.2. The first-order chi connectivity index (χ1) is 9.02. The fourth-order valence-corrected chi connectivity index (χ4v) is 2.83. The van der Waals surface area contributed by atoms with Gasteiger partial charge in [0.25, 0.3) is 0 Å². The van der Waals surface area contributed by atoms with Gasteiger partial charge in [0, 0.05) is 0 Å². The quantitative estimate of drug-likeness (QED) is 0.380. The van der Waals surface area contributed by atoms with Crippen molar-refractivity contribution in [2.24, 2.45) is 0 Å². The van der Waals surface area contributed by atoms with E-state index in [0.29, 0.717) is 0 Å². The van der Waals surface area contributed by atoms with Gasteiger partial charge in [-0.3, -0.25) is 0 Å². The smallest absolute Gasteiger partial charge is 1.00 e. The van der Waals surface area contributed by atoms with Crippen LogP contribution >= 0.6 is 0 Å². The Labute approximate surface area is 149 Å². The average Bonchev–Trinajstić information content (AvgIpc) is 2.31. The van der Waals surface area contributed by atoms with E-state index in [2.05, 4.69) is 11.1 Å². The van der Waals surface area contributed by atoms with Crippen molar-refractivity contribution < 1.29 is 47.8 Å². The zero-order chi connectivity index (χ0) is 14.6. The molecule has 0 N–H and O–H groups in total. The first-order valence-corrected chi connectivity index (χ1v) is 8.92. The van der Waals surface area contributed by atoms with Crippen molar-refractivity contribution in [3.05, 3.63) is 0 Å². The zero-order valence-electron chi connectivity index (χ0n) is 14.7. The fourth-order valence-electron chi connectivity index (χ4n) is 1.99. The topological polar surface area (TPSA) is 52.6 Å². The Hall–Kier alpha value is 0.870. The van der Waals surface area contributed by atoms with Gasteiger partial charge in [0.1, 0.15) is 0 Å². The summed E-state index contributed by atoms with van der Waals surface area (Å²) in [7, 11) is -3.79. The molecule has 20 heavy (non-hydrogen) atoms. The van der Waals surface area contributed by atoms with Crippen LogP contribution in [-0.2, 0) is 18.8 Å². The zero-order valence-corrected chi connectivity index (χ0v) is 16.5. The molecule has 0 aromatic heterocycles. The molecule has 0 amide bonds. The maximum Gasteiger partial charge on any atom is 1.00 e. The summed E-state index contributed by atoms with van der Waals surface area (Å²) >= 11 is 0.